The molecule has 0 fully saturated rings. The molecule has 0 atom stereocenters. The number of unbranched alkanes of at least 4 members (excludes halogenated alkanes) is 14. The van der Waals surface area contributed by atoms with Crippen molar-refractivity contribution in [2.45, 2.75) is 128 Å². The molecule has 1 N–H and O–H groups in total. The maximum atomic E-state index is 14.2. The first-order chi connectivity index (χ1) is 51.5. The van der Waals surface area contributed by atoms with E-state index in [0.717, 1.165) is 108 Å². The van der Waals surface area contributed by atoms with Crippen molar-refractivity contribution in [3.63, 3.8) is 0 Å². The Morgan fingerprint density at radius 2 is 0.547 bits per heavy atom. The minimum absolute atomic E-state index is 0.00430. The second-order valence-corrected chi connectivity index (χ2v) is 24.0. The molecule has 0 unspecified atom stereocenters. The molecule has 0 saturated heterocycles. The molecular formula is C83H93NO22. The fraction of sp³-hybridized carbons (Fsp3) is 0.349. The van der Waals surface area contributed by atoms with Crippen molar-refractivity contribution in [1.82, 2.24) is 5.32 Å². The first-order valence-corrected chi connectivity index (χ1v) is 35.6. The van der Waals surface area contributed by atoms with E-state index in [1.165, 1.54) is 60.7 Å². The van der Waals surface area contributed by atoms with Gasteiger partial charge in [0.15, 0.2) is 5.78 Å². The van der Waals surface area contributed by atoms with Gasteiger partial charge in [-0.05, 0) is 249 Å². The van der Waals surface area contributed by atoms with Gasteiger partial charge in [0.2, 0.25) is 0 Å². The summed E-state index contributed by atoms with van der Waals surface area (Å²) in [5.74, 6) is -4.07. The van der Waals surface area contributed by atoms with E-state index >= 15 is 0 Å². The standard InChI is InChI=1S/C83H93NO22/c1-5-75(86)99-54-24-13-9-20-50-95-64-37-29-60(30-38-64)80(91)103-68-45-47-73(105-82(93)62-33-41-66(42-34-62)97-52-22-11-15-26-56-101-77(88)7-3)70(58-68)72(85)28-18-17-19-49-84-79(90)71-59-69(104-81(92)61-31-39-65(40-32-61)96-51-21-10-14-25-55-100-76(87)6-2)46-48-74(71)106-83(94)63-35-43-67(44-36-63)98-53-23-12-16-27-57-102-78(89)8-4/h5-8,29-48,58-59H,1-4,9-28,49-57H2,(H,84,90). The maximum Gasteiger partial charge on any atom is 0.343 e. The Hall–Kier alpha value is -11.6. The molecule has 0 saturated carbocycles. The fourth-order valence-electron chi connectivity index (χ4n) is 10.1. The fourth-order valence-corrected chi connectivity index (χ4v) is 10.1. The molecule has 6 aromatic rings. The Morgan fingerprint density at radius 3 is 0.858 bits per heavy atom. The monoisotopic (exact) mass is 1460 g/mol. The summed E-state index contributed by atoms with van der Waals surface area (Å²) in [5, 5.41) is 2.84. The summed E-state index contributed by atoms with van der Waals surface area (Å²) in [6.45, 7) is 16.6. The van der Waals surface area contributed by atoms with Crippen molar-refractivity contribution in [3.05, 3.63) is 217 Å². The first-order valence-electron chi connectivity index (χ1n) is 35.6. The highest BCUT2D eigenvalue weighted by Gasteiger charge is 2.23. The van der Waals surface area contributed by atoms with E-state index in [9.17, 15) is 47.9 Å². The number of ketones is 1. The summed E-state index contributed by atoms with van der Waals surface area (Å²) in [6.07, 6.45) is 18.2. The third-order valence-corrected chi connectivity index (χ3v) is 15.9. The third-order valence-electron chi connectivity index (χ3n) is 15.9. The third kappa shape index (κ3) is 32.0. The molecule has 0 radical (unpaired) electrons. The number of ether oxygens (including phenoxy) is 12. The number of rotatable bonds is 52. The summed E-state index contributed by atoms with van der Waals surface area (Å²) in [4.78, 5) is 128. The topological polar surface area (TPSA) is 293 Å². The molecule has 0 spiro atoms. The molecule has 6 aromatic carbocycles. The van der Waals surface area contributed by atoms with Crippen molar-refractivity contribution in [2.75, 3.05) is 59.4 Å². The molecule has 106 heavy (non-hydrogen) atoms. The summed E-state index contributed by atoms with van der Waals surface area (Å²) in [6, 6.07) is 33.5. The van der Waals surface area contributed by atoms with Gasteiger partial charge in [-0.3, -0.25) is 9.59 Å². The molecule has 0 heterocycles. The Labute approximate surface area is 618 Å². The van der Waals surface area contributed by atoms with Gasteiger partial charge in [0.25, 0.3) is 5.91 Å². The second-order valence-electron chi connectivity index (χ2n) is 24.0. The van der Waals surface area contributed by atoms with Gasteiger partial charge in [-0.15, -0.1) is 0 Å². The van der Waals surface area contributed by atoms with E-state index in [0.29, 0.717) is 114 Å². The lowest BCUT2D eigenvalue weighted by Gasteiger charge is -2.14. The highest BCUT2D eigenvalue weighted by atomic mass is 16.6. The van der Waals surface area contributed by atoms with Crippen molar-refractivity contribution < 1.29 is 105 Å². The SMILES string of the molecule is C=CC(=O)OCCCCCCOc1ccc(C(=O)Oc2ccc(OC(=O)c3ccc(OCCCCCCOC(=O)C=C)cc3)c(C(=O)CCCCCNC(=O)c3cc(OC(=O)c4ccc(OCCCCCCOC(=O)C=C)cc4)ccc3OC(=O)c3ccc(OCCCCCCOC(=O)C=C)cc3)c2)cc1. The average molecular weight is 1460 g/mol. The van der Waals surface area contributed by atoms with E-state index in [-0.39, 0.29) is 69.3 Å². The van der Waals surface area contributed by atoms with Crippen molar-refractivity contribution >= 4 is 59.4 Å². The van der Waals surface area contributed by atoms with E-state index in [2.05, 4.69) is 31.6 Å². The number of benzene rings is 6. The summed E-state index contributed by atoms with van der Waals surface area (Å²) >= 11 is 0. The van der Waals surface area contributed by atoms with Gasteiger partial charge in [-0.2, -0.15) is 0 Å². The normalized spacial score (nSPS) is 10.6. The van der Waals surface area contributed by atoms with Gasteiger partial charge in [0.05, 0.1) is 86.2 Å². The molecule has 6 rings (SSSR count). The number of nitrogens with one attached hydrogen (secondary N) is 1. The molecule has 562 valence electrons. The van der Waals surface area contributed by atoms with Crippen LogP contribution < -0.4 is 43.2 Å². The lowest BCUT2D eigenvalue weighted by Crippen LogP contribution is -2.25. The number of carbonyl (C=O) groups excluding carboxylic acids is 10. The Morgan fingerprint density at radius 1 is 0.283 bits per heavy atom. The molecule has 0 bridgehead atoms. The molecule has 0 aliphatic rings. The van der Waals surface area contributed by atoms with Gasteiger partial charge >= 0.3 is 47.8 Å². The van der Waals surface area contributed by atoms with Crippen LogP contribution in [0.1, 0.15) is 191 Å². The molecule has 0 aromatic heterocycles. The minimum Gasteiger partial charge on any atom is -0.494 e. The lowest BCUT2D eigenvalue weighted by atomic mass is 10.0. The number of hydrogen-bond acceptors (Lipinski definition) is 22. The lowest BCUT2D eigenvalue weighted by molar-refractivity contribution is -0.138. The van der Waals surface area contributed by atoms with Crippen molar-refractivity contribution in [1.29, 1.82) is 0 Å². The zero-order valence-electron chi connectivity index (χ0n) is 59.8. The van der Waals surface area contributed by atoms with Crippen LogP contribution in [-0.2, 0) is 38.1 Å². The Balaban J connectivity index is 1.07. The zero-order valence-corrected chi connectivity index (χ0v) is 59.8. The highest BCUT2D eigenvalue weighted by Crippen LogP contribution is 2.31. The highest BCUT2D eigenvalue weighted by molar-refractivity contribution is 6.02. The molecule has 0 aliphatic carbocycles. The molecule has 0 aliphatic heterocycles. The van der Waals surface area contributed by atoms with E-state index in [1.807, 2.05) is 0 Å². The van der Waals surface area contributed by atoms with Gasteiger partial charge in [-0.25, -0.2) is 38.4 Å². The summed E-state index contributed by atoms with van der Waals surface area (Å²) in [5.41, 5.74) is 0.557. The smallest absolute Gasteiger partial charge is 0.343 e. The largest absolute Gasteiger partial charge is 0.494 e. The van der Waals surface area contributed by atoms with Crippen molar-refractivity contribution in [2.24, 2.45) is 0 Å². The Bertz CT molecular complexity index is 3610. The number of amides is 1. The van der Waals surface area contributed by atoms with E-state index in [1.54, 1.807) is 72.8 Å². The zero-order chi connectivity index (χ0) is 75.9. The van der Waals surface area contributed by atoms with Crippen LogP contribution in [-0.4, -0.2) is 119 Å². The van der Waals surface area contributed by atoms with Crippen LogP contribution in [0.5, 0.6) is 46.0 Å². The summed E-state index contributed by atoms with van der Waals surface area (Å²) < 4.78 is 66.6. The number of esters is 8. The molecular weight excluding hydrogens is 1360 g/mol. The molecule has 1 amide bonds. The van der Waals surface area contributed by atoms with Crippen LogP contribution in [0, 0.1) is 0 Å². The summed E-state index contributed by atoms with van der Waals surface area (Å²) in [7, 11) is 0. The van der Waals surface area contributed by atoms with Crippen LogP contribution in [0.15, 0.2) is 184 Å². The predicted octanol–water partition coefficient (Wildman–Crippen LogP) is 15.4. The minimum atomic E-state index is -0.787. The average Bonchev–Trinajstić information content (AvgIpc) is 0.786. The van der Waals surface area contributed by atoms with Crippen LogP contribution >= 0.6 is 0 Å². The van der Waals surface area contributed by atoms with Crippen LogP contribution in [0.4, 0.5) is 0 Å². The van der Waals surface area contributed by atoms with E-state index < -0.39 is 59.4 Å². The first kappa shape index (κ1) is 83.3. The number of hydrogen-bond donors (Lipinski definition) is 1. The van der Waals surface area contributed by atoms with Gasteiger partial charge in [0.1, 0.15) is 46.0 Å². The van der Waals surface area contributed by atoms with Gasteiger partial charge in [-0.1, -0.05) is 32.7 Å². The van der Waals surface area contributed by atoms with Gasteiger partial charge in [0, 0.05) is 37.3 Å². The molecule has 23 heteroatoms. The number of Topliss-reactive ketones (excluding diaryl/α,β-unsaturated/α-hetero) is 1. The van der Waals surface area contributed by atoms with Crippen LogP contribution in [0.25, 0.3) is 0 Å². The molecule has 23 nitrogen and oxygen atoms in total. The van der Waals surface area contributed by atoms with E-state index in [4.69, 9.17) is 56.8 Å². The number of carbonyl (C=O) groups is 10. The van der Waals surface area contributed by atoms with Gasteiger partial charge < -0.3 is 62.2 Å². The van der Waals surface area contributed by atoms with Crippen molar-refractivity contribution in [3.8, 4) is 46.0 Å². The quantitative estimate of drug-likeness (QED) is 0.00926. The second kappa shape index (κ2) is 48.4. The maximum absolute atomic E-state index is 14.2. The Kier molecular flexibility index (Phi) is 38.0. The van der Waals surface area contributed by atoms with Crippen LogP contribution in [0.3, 0.4) is 0 Å². The predicted molar refractivity (Wildman–Crippen MR) is 394 cm³/mol. The van der Waals surface area contributed by atoms with Crippen LogP contribution in [0.2, 0.25) is 0 Å².